The first-order chi connectivity index (χ1) is 18.8. The normalized spacial score (nSPS) is 15.7. The van der Waals surface area contributed by atoms with Crippen LogP contribution in [0.5, 0.6) is 5.88 Å². The van der Waals surface area contributed by atoms with Gasteiger partial charge in [-0.1, -0.05) is 6.42 Å². The van der Waals surface area contributed by atoms with Crippen LogP contribution in [0.4, 0.5) is 5.82 Å². The van der Waals surface area contributed by atoms with Crippen LogP contribution in [0.3, 0.4) is 0 Å². The molecular weight excluding hydrogens is 520 g/mol. The summed E-state index contributed by atoms with van der Waals surface area (Å²) in [5.41, 5.74) is 2.72. The molecule has 6 rings (SSSR count). The van der Waals surface area contributed by atoms with Crippen molar-refractivity contribution in [2.75, 3.05) is 18.7 Å². The van der Waals surface area contributed by atoms with Crippen molar-refractivity contribution in [2.45, 2.75) is 56.0 Å². The molecule has 0 aliphatic heterocycles. The van der Waals surface area contributed by atoms with Gasteiger partial charge in [0.05, 0.1) is 36.1 Å². The lowest BCUT2D eigenvalue weighted by Crippen LogP contribution is -2.30. The zero-order valence-corrected chi connectivity index (χ0v) is 22.5. The summed E-state index contributed by atoms with van der Waals surface area (Å²) in [7, 11) is -1.79. The molecule has 4 aromatic rings. The molecule has 0 amide bonds. The van der Waals surface area contributed by atoms with Gasteiger partial charge in [0.1, 0.15) is 17.4 Å². The highest BCUT2D eigenvalue weighted by Crippen LogP contribution is 2.44. The molecule has 2 aliphatic carbocycles. The van der Waals surface area contributed by atoms with E-state index >= 15 is 0 Å². The summed E-state index contributed by atoms with van der Waals surface area (Å²) in [6.45, 7) is 0.728. The van der Waals surface area contributed by atoms with Crippen LogP contribution in [0.1, 0.15) is 49.4 Å². The maximum Gasteiger partial charge on any atom is 0.294 e. The van der Waals surface area contributed by atoms with Gasteiger partial charge >= 0.3 is 0 Å². The lowest BCUT2D eigenvalue weighted by atomic mass is 9.85. The summed E-state index contributed by atoms with van der Waals surface area (Å²) in [6.07, 6.45) is 10.9. The van der Waals surface area contributed by atoms with Crippen LogP contribution >= 0.6 is 0 Å². The van der Waals surface area contributed by atoms with Gasteiger partial charge < -0.3 is 10.1 Å². The van der Waals surface area contributed by atoms with Crippen molar-refractivity contribution in [3.63, 3.8) is 0 Å². The number of methoxy groups -OCH3 is 1. The average molecular weight is 549 g/mol. The highest BCUT2D eigenvalue weighted by molar-refractivity contribution is 7.90. The van der Waals surface area contributed by atoms with Gasteiger partial charge in [-0.2, -0.15) is 0 Å². The Bertz CT molecular complexity index is 1710. The van der Waals surface area contributed by atoms with Crippen molar-refractivity contribution in [2.24, 2.45) is 5.92 Å². The Morgan fingerprint density at radius 1 is 1.05 bits per heavy atom. The topological polar surface area (TPSA) is 155 Å². The van der Waals surface area contributed by atoms with Gasteiger partial charge in [0, 0.05) is 24.9 Å². The number of anilines is 1. The van der Waals surface area contributed by atoms with Crippen molar-refractivity contribution < 1.29 is 13.2 Å². The molecule has 0 aromatic carbocycles. The molecule has 0 atom stereocenters. The first-order valence-corrected chi connectivity index (χ1v) is 14.8. The van der Waals surface area contributed by atoms with Crippen molar-refractivity contribution >= 4 is 26.8 Å². The summed E-state index contributed by atoms with van der Waals surface area (Å²) >= 11 is 0. The van der Waals surface area contributed by atoms with Gasteiger partial charge in [0.2, 0.25) is 5.88 Å². The average Bonchev–Trinajstić information content (AvgIpc) is 3.75. The molecule has 39 heavy (non-hydrogen) atoms. The van der Waals surface area contributed by atoms with Crippen LogP contribution in [0, 0.1) is 5.92 Å². The molecular formula is C26H28N8O4S. The van der Waals surface area contributed by atoms with Gasteiger partial charge in [0.15, 0.2) is 27.1 Å². The van der Waals surface area contributed by atoms with Gasteiger partial charge in [-0.15, -0.1) is 0 Å². The molecule has 202 valence electrons. The van der Waals surface area contributed by atoms with Crippen molar-refractivity contribution in [3.05, 3.63) is 52.6 Å². The van der Waals surface area contributed by atoms with Gasteiger partial charge in [-0.3, -0.25) is 14.3 Å². The minimum atomic E-state index is -3.34. The number of rotatable bonds is 9. The molecule has 2 fully saturated rings. The van der Waals surface area contributed by atoms with Crippen LogP contribution < -0.4 is 15.6 Å². The second-order valence-electron chi connectivity index (χ2n) is 10.1. The largest absolute Gasteiger partial charge is 0.480 e. The number of nitrogens with one attached hydrogen (secondary N) is 1. The monoisotopic (exact) mass is 548 g/mol. The molecule has 12 nitrogen and oxygen atoms in total. The molecule has 0 saturated heterocycles. The third-order valence-corrected chi connectivity index (χ3v) is 8.33. The zero-order chi connectivity index (χ0) is 27.1. The molecule has 2 saturated carbocycles. The molecule has 2 aliphatic rings. The first-order valence-electron chi connectivity index (χ1n) is 12.9. The lowest BCUT2D eigenvalue weighted by molar-refractivity contribution is 0.276. The molecule has 0 bridgehead atoms. The fourth-order valence-corrected chi connectivity index (χ4v) is 5.26. The number of aromatic nitrogens is 7. The highest BCUT2D eigenvalue weighted by atomic mass is 32.2. The number of fused-ring (bicyclic) bond motifs is 1. The van der Waals surface area contributed by atoms with E-state index in [1.165, 1.54) is 18.6 Å². The number of sulfone groups is 1. The number of hydrogen-bond acceptors (Lipinski definition) is 11. The van der Waals surface area contributed by atoms with Crippen molar-refractivity contribution in [1.29, 1.82) is 0 Å². The van der Waals surface area contributed by atoms with Gasteiger partial charge in [0.25, 0.3) is 5.56 Å². The number of nitrogens with zero attached hydrogens (tertiary/aromatic N) is 7. The molecule has 0 unspecified atom stereocenters. The number of pyridine rings is 1. The Morgan fingerprint density at radius 3 is 2.51 bits per heavy atom. The quantitative estimate of drug-likeness (QED) is 0.328. The lowest BCUT2D eigenvalue weighted by Gasteiger charge is -2.26. The molecule has 4 heterocycles. The van der Waals surface area contributed by atoms with E-state index in [0.717, 1.165) is 44.1 Å². The minimum Gasteiger partial charge on any atom is -0.480 e. The summed E-state index contributed by atoms with van der Waals surface area (Å²) in [4.78, 5) is 40.7. The number of hydrogen-bond donors (Lipinski definition) is 1. The summed E-state index contributed by atoms with van der Waals surface area (Å²) in [6, 6.07) is 3.11. The molecule has 13 heteroatoms. The predicted octanol–water partition coefficient (Wildman–Crippen LogP) is 2.74. The Labute approximate surface area is 224 Å². The third kappa shape index (κ3) is 5.05. The van der Waals surface area contributed by atoms with Crippen LogP contribution in [0.2, 0.25) is 0 Å². The summed E-state index contributed by atoms with van der Waals surface area (Å²) in [5.74, 6) is 1.67. The third-order valence-electron chi connectivity index (χ3n) is 7.24. The smallest absolute Gasteiger partial charge is 0.294 e. The molecule has 1 N–H and O–H groups in total. The Balaban J connectivity index is 1.39. The van der Waals surface area contributed by atoms with Crippen LogP contribution in [-0.4, -0.2) is 56.3 Å². The Morgan fingerprint density at radius 2 is 1.87 bits per heavy atom. The van der Waals surface area contributed by atoms with Gasteiger partial charge in [-0.25, -0.2) is 33.3 Å². The van der Waals surface area contributed by atoms with Crippen molar-refractivity contribution in [3.8, 4) is 17.3 Å². The Hall–Kier alpha value is -4.00. The van der Waals surface area contributed by atoms with E-state index in [0.29, 0.717) is 52.5 Å². The van der Waals surface area contributed by atoms with E-state index in [2.05, 4.69) is 30.2 Å². The van der Waals surface area contributed by atoms with E-state index < -0.39 is 9.84 Å². The first kappa shape index (κ1) is 25.3. The van der Waals surface area contributed by atoms with E-state index in [1.807, 2.05) is 0 Å². The fourth-order valence-electron chi connectivity index (χ4n) is 4.70. The second-order valence-corrected chi connectivity index (χ2v) is 12.1. The molecule has 0 radical (unpaired) electrons. The van der Waals surface area contributed by atoms with Gasteiger partial charge in [-0.05, 0) is 43.7 Å². The second kappa shape index (κ2) is 9.95. The van der Waals surface area contributed by atoms with Crippen LogP contribution in [0.15, 0.2) is 40.5 Å². The molecule has 0 spiro atoms. The van der Waals surface area contributed by atoms with Crippen LogP contribution in [-0.2, 0) is 22.9 Å². The predicted molar refractivity (Wildman–Crippen MR) is 143 cm³/mol. The fraction of sp³-hybridized carbons (Fsp3) is 0.423. The SMILES string of the molecule is COc1ncnc(C2CC2)c1-c1ncc2nc(NCc3ccc(S(C)(=O)=O)cn3)c(=O)n(CC3CCC3)c2n1. The zero-order valence-electron chi connectivity index (χ0n) is 21.7. The van der Waals surface area contributed by atoms with Crippen molar-refractivity contribution in [1.82, 2.24) is 34.5 Å². The highest BCUT2D eigenvalue weighted by Gasteiger charge is 2.32. The molecule has 4 aromatic heterocycles. The summed E-state index contributed by atoms with van der Waals surface area (Å²) in [5, 5.41) is 3.07. The minimum absolute atomic E-state index is 0.135. The maximum atomic E-state index is 13.6. The summed E-state index contributed by atoms with van der Waals surface area (Å²) < 4.78 is 30.6. The van der Waals surface area contributed by atoms with Crippen LogP contribution in [0.25, 0.3) is 22.6 Å². The number of ether oxygens (including phenoxy) is 1. The maximum absolute atomic E-state index is 13.6. The Kier molecular flexibility index (Phi) is 6.45. The standard InChI is InChI=1S/C26H28N8O4S/c1-38-25-20(21(16-6-7-16)30-14-31-25)22-29-12-19-24(33-22)34(13-15-4-3-5-15)26(35)23(32-19)28-10-17-8-9-18(11-27-17)39(2,36)37/h8-9,11-12,14-16H,3-7,10,13H2,1-2H3,(H,28,32). The van der Waals surface area contributed by atoms with E-state index in [4.69, 9.17) is 9.72 Å². The van der Waals surface area contributed by atoms with E-state index in [1.54, 1.807) is 23.9 Å². The van der Waals surface area contributed by atoms with E-state index in [-0.39, 0.29) is 22.8 Å². The van der Waals surface area contributed by atoms with E-state index in [9.17, 15) is 13.2 Å².